The number of hydrogen-bond donors (Lipinski definition) is 2. The zero-order valence-corrected chi connectivity index (χ0v) is 9.67. The van der Waals surface area contributed by atoms with Gasteiger partial charge in [-0.1, -0.05) is 6.07 Å². The molecule has 0 aromatic heterocycles. The second kappa shape index (κ2) is 9.94. The maximum atomic E-state index is 11.5. The summed E-state index contributed by atoms with van der Waals surface area (Å²) in [6.07, 6.45) is 0. The predicted molar refractivity (Wildman–Crippen MR) is 68.3 cm³/mol. The van der Waals surface area contributed by atoms with E-state index >= 15 is 0 Å². The molecular formula is C12H15NaO6. The molecule has 1 aromatic carbocycles. The molecule has 0 saturated heterocycles. The van der Waals surface area contributed by atoms with Crippen LogP contribution in [0, 0.1) is 0 Å². The molecule has 0 aliphatic heterocycles. The summed E-state index contributed by atoms with van der Waals surface area (Å²) in [6, 6.07) is 5.83. The van der Waals surface area contributed by atoms with Crippen molar-refractivity contribution in [1.82, 2.24) is 0 Å². The second-order valence-corrected chi connectivity index (χ2v) is 3.30. The molecule has 0 fully saturated rings. The van der Waals surface area contributed by atoms with Crippen LogP contribution >= 0.6 is 0 Å². The van der Waals surface area contributed by atoms with Crippen LogP contribution in [-0.4, -0.2) is 78.1 Å². The van der Waals surface area contributed by atoms with E-state index in [0.717, 1.165) is 0 Å². The minimum atomic E-state index is -0.624. The SMILES string of the molecule is O=C(OCCO)c1cccc(C(=O)OCCO)c1.[NaH]. The molecule has 19 heavy (non-hydrogen) atoms. The molecule has 0 aliphatic carbocycles. The summed E-state index contributed by atoms with van der Waals surface area (Å²) in [7, 11) is 0. The summed E-state index contributed by atoms with van der Waals surface area (Å²) in [4.78, 5) is 22.9. The predicted octanol–water partition coefficient (Wildman–Crippen LogP) is -0.664. The van der Waals surface area contributed by atoms with Crippen molar-refractivity contribution < 1.29 is 29.3 Å². The molecule has 1 aromatic rings. The molecule has 6 nitrogen and oxygen atoms in total. The number of benzene rings is 1. The van der Waals surface area contributed by atoms with Gasteiger partial charge in [0, 0.05) is 0 Å². The van der Waals surface area contributed by atoms with Crippen LogP contribution in [0.1, 0.15) is 20.7 Å². The molecule has 100 valence electrons. The van der Waals surface area contributed by atoms with E-state index in [-0.39, 0.29) is 67.1 Å². The summed E-state index contributed by atoms with van der Waals surface area (Å²) >= 11 is 0. The van der Waals surface area contributed by atoms with E-state index in [9.17, 15) is 9.59 Å². The summed E-state index contributed by atoms with van der Waals surface area (Å²) < 4.78 is 9.42. The monoisotopic (exact) mass is 278 g/mol. The van der Waals surface area contributed by atoms with Crippen molar-refractivity contribution in [3.8, 4) is 0 Å². The molecule has 0 atom stereocenters. The first-order valence-corrected chi connectivity index (χ1v) is 5.35. The number of aliphatic hydroxyl groups excluding tert-OH is 2. The first-order valence-electron chi connectivity index (χ1n) is 5.35. The van der Waals surface area contributed by atoms with Gasteiger partial charge in [-0.25, -0.2) is 9.59 Å². The average molecular weight is 278 g/mol. The molecule has 0 amide bonds. The molecule has 0 unspecified atom stereocenters. The van der Waals surface area contributed by atoms with Crippen LogP contribution in [0.15, 0.2) is 24.3 Å². The summed E-state index contributed by atoms with van der Waals surface area (Å²) in [5, 5.41) is 17.1. The van der Waals surface area contributed by atoms with E-state index in [1.54, 1.807) is 0 Å². The normalized spacial score (nSPS) is 9.37. The van der Waals surface area contributed by atoms with Crippen molar-refractivity contribution in [2.45, 2.75) is 0 Å². The molecule has 0 spiro atoms. The Labute approximate surface area is 132 Å². The quantitative estimate of drug-likeness (QED) is 0.530. The van der Waals surface area contributed by atoms with E-state index in [1.807, 2.05) is 0 Å². The van der Waals surface area contributed by atoms with Gasteiger partial charge in [0.1, 0.15) is 13.2 Å². The molecule has 2 N–H and O–H groups in total. The first-order chi connectivity index (χ1) is 8.69. The number of aliphatic hydroxyl groups is 2. The number of carbonyl (C=O) groups is 2. The average Bonchev–Trinajstić information content (AvgIpc) is 2.42. The van der Waals surface area contributed by atoms with Gasteiger partial charge in [-0.15, -0.1) is 0 Å². The third kappa shape index (κ3) is 6.17. The van der Waals surface area contributed by atoms with Gasteiger partial charge in [-0.2, -0.15) is 0 Å². The molecule has 0 saturated carbocycles. The van der Waals surface area contributed by atoms with Crippen LogP contribution in [0.25, 0.3) is 0 Å². The molecule has 1 rings (SSSR count). The molecule has 7 heteroatoms. The molecule has 0 aliphatic rings. The van der Waals surface area contributed by atoms with Crippen molar-refractivity contribution in [2.75, 3.05) is 26.4 Å². The summed E-state index contributed by atoms with van der Waals surface area (Å²) in [5.74, 6) is -1.25. The van der Waals surface area contributed by atoms with E-state index in [0.29, 0.717) is 0 Å². The number of carbonyl (C=O) groups excluding carboxylic acids is 2. The van der Waals surface area contributed by atoms with Crippen molar-refractivity contribution in [3.05, 3.63) is 35.4 Å². The van der Waals surface area contributed by atoms with Gasteiger partial charge >= 0.3 is 41.5 Å². The van der Waals surface area contributed by atoms with Crippen molar-refractivity contribution in [3.63, 3.8) is 0 Å². The Morgan fingerprint density at radius 3 is 1.74 bits per heavy atom. The Morgan fingerprint density at radius 1 is 0.947 bits per heavy atom. The van der Waals surface area contributed by atoms with Crippen molar-refractivity contribution in [1.29, 1.82) is 0 Å². The van der Waals surface area contributed by atoms with Crippen LogP contribution in [0.2, 0.25) is 0 Å². The minimum absolute atomic E-state index is 0. The van der Waals surface area contributed by atoms with Gasteiger partial charge < -0.3 is 19.7 Å². The maximum absolute atomic E-state index is 11.5. The van der Waals surface area contributed by atoms with Gasteiger partial charge in [0.05, 0.1) is 24.3 Å². The molecular weight excluding hydrogens is 263 g/mol. The number of ether oxygens (including phenoxy) is 2. The van der Waals surface area contributed by atoms with Gasteiger partial charge in [-0.3, -0.25) is 0 Å². The Bertz CT molecular complexity index is 385. The standard InChI is InChI=1S/C12H14O6.Na.H/c13-4-6-17-11(15)9-2-1-3-10(8-9)12(16)18-7-5-14;;/h1-3,8,13-14H,4-7H2;;. The van der Waals surface area contributed by atoms with Crippen LogP contribution in [-0.2, 0) is 9.47 Å². The fraction of sp³-hybridized carbons (Fsp3) is 0.333. The zero-order valence-electron chi connectivity index (χ0n) is 9.67. The fourth-order valence-electron chi connectivity index (χ4n) is 1.22. The Morgan fingerprint density at radius 2 is 1.37 bits per heavy atom. The van der Waals surface area contributed by atoms with E-state index in [4.69, 9.17) is 19.7 Å². The fourth-order valence-corrected chi connectivity index (χ4v) is 1.22. The van der Waals surface area contributed by atoms with Gasteiger partial charge in [0.15, 0.2) is 0 Å². The van der Waals surface area contributed by atoms with Gasteiger partial charge in [0.2, 0.25) is 0 Å². The number of hydrogen-bond acceptors (Lipinski definition) is 6. The molecule has 0 bridgehead atoms. The Kier molecular flexibility index (Phi) is 9.46. The van der Waals surface area contributed by atoms with E-state index < -0.39 is 11.9 Å². The summed E-state index contributed by atoms with van der Waals surface area (Å²) in [5.41, 5.74) is 0.392. The number of rotatable bonds is 6. The van der Waals surface area contributed by atoms with Crippen LogP contribution in [0.4, 0.5) is 0 Å². The first kappa shape index (κ1) is 18.1. The third-order valence-electron chi connectivity index (χ3n) is 1.98. The summed E-state index contributed by atoms with van der Waals surface area (Å²) in [6.45, 7) is -0.718. The van der Waals surface area contributed by atoms with E-state index in [1.165, 1.54) is 24.3 Å². The second-order valence-electron chi connectivity index (χ2n) is 3.30. The zero-order chi connectivity index (χ0) is 13.4. The number of esters is 2. The molecule has 0 radical (unpaired) electrons. The third-order valence-corrected chi connectivity index (χ3v) is 1.98. The van der Waals surface area contributed by atoms with Crippen molar-refractivity contribution >= 4 is 41.5 Å². The topological polar surface area (TPSA) is 93.1 Å². The molecule has 0 heterocycles. The van der Waals surface area contributed by atoms with Gasteiger partial charge in [-0.05, 0) is 18.2 Å². The van der Waals surface area contributed by atoms with E-state index in [2.05, 4.69) is 0 Å². The Balaban J connectivity index is 0.00000324. The Hall–Kier alpha value is -0.920. The van der Waals surface area contributed by atoms with Gasteiger partial charge in [0.25, 0.3) is 0 Å². The van der Waals surface area contributed by atoms with Crippen LogP contribution in [0.3, 0.4) is 0 Å². The van der Waals surface area contributed by atoms with Crippen LogP contribution in [0.5, 0.6) is 0 Å². The van der Waals surface area contributed by atoms with Crippen molar-refractivity contribution in [2.24, 2.45) is 0 Å². The van der Waals surface area contributed by atoms with Crippen LogP contribution < -0.4 is 0 Å².